The van der Waals surface area contributed by atoms with Crippen LogP contribution in [-0.2, 0) is 22.5 Å². The zero-order valence-corrected chi connectivity index (χ0v) is 13.2. The maximum Gasteiger partial charge on any atom is 0.0720 e. The summed E-state index contributed by atoms with van der Waals surface area (Å²) in [7, 11) is 0. The van der Waals surface area contributed by atoms with Crippen molar-refractivity contribution in [2.24, 2.45) is 0 Å². The van der Waals surface area contributed by atoms with Crippen molar-refractivity contribution in [1.29, 1.82) is 0 Å². The molecule has 1 rings (SSSR count). The molecular weight excluding hydrogens is 250 g/mol. The molecule has 1 N–H and O–H groups in total. The molecule has 3 heteroatoms. The summed E-state index contributed by atoms with van der Waals surface area (Å²) >= 11 is 0. The van der Waals surface area contributed by atoms with Gasteiger partial charge in [-0.3, -0.25) is 0 Å². The van der Waals surface area contributed by atoms with Crippen molar-refractivity contribution >= 4 is 0 Å². The zero-order valence-electron chi connectivity index (χ0n) is 13.2. The summed E-state index contributed by atoms with van der Waals surface area (Å²) in [6, 6.07) is 8.52. The van der Waals surface area contributed by atoms with Crippen LogP contribution < -0.4 is 5.32 Å². The Hall–Kier alpha value is -0.900. The second kappa shape index (κ2) is 10.8. The number of nitrogens with one attached hydrogen (secondary N) is 1. The number of rotatable bonds is 11. The topological polar surface area (TPSA) is 30.5 Å². The highest BCUT2D eigenvalue weighted by Gasteiger charge is 2.02. The van der Waals surface area contributed by atoms with E-state index in [4.69, 9.17) is 9.47 Å². The average molecular weight is 279 g/mol. The van der Waals surface area contributed by atoms with Gasteiger partial charge in [0.2, 0.25) is 0 Å². The molecule has 0 saturated carbocycles. The van der Waals surface area contributed by atoms with E-state index in [1.807, 2.05) is 13.8 Å². The van der Waals surface area contributed by atoms with E-state index < -0.39 is 0 Å². The summed E-state index contributed by atoms with van der Waals surface area (Å²) in [6.45, 7) is 10.4. The van der Waals surface area contributed by atoms with Gasteiger partial charge in [0.15, 0.2) is 0 Å². The van der Waals surface area contributed by atoms with Gasteiger partial charge in [0.1, 0.15) is 0 Å². The van der Waals surface area contributed by atoms with E-state index >= 15 is 0 Å². The van der Waals surface area contributed by atoms with Gasteiger partial charge in [-0.2, -0.15) is 0 Å². The Morgan fingerprint density at radius 2 is 1.80 bits per heavy atom. The molecule has 0 spiro atoms. The Morgan fingerprint density at radius 1 is 1.05 bits per heavy atom. The molecule has 0 fully saturated rings. The molecule has 1 aromatic rings. The molecular formula is C17H29NO2. The van der Waals surface area contributed by atoms with Crippen molar-refractivity contribution in [3.63, 3.8) is 0 Å². The fraction of sp³-hybridized carbons (Fsp3) is 0.647. The van der Waals surface area contributed by atoms with Gasteiger partial charge in [-0.1, -0.05) is 31.2 Å². The van der Waals surface area contributed by atoms with Crippen LogP contribution in [0, 0.1) is 0 Å². The van der Waals surface area contributed by atoms with Gasteiger partial charge in [0, 0.05) is 0 Å². The second-order valence-electron chi connectivity index (χ2n) is 5.24. The number of hydrogen-bond acceptors (Lipinski definition) is 3. The molecule has 0 aliphatic rings. The molecule has 0 bridgehead atoms. The lowest BCUT2D eigenvalue weighted by molar-refractivity contribution is 0.0141. The number of hydrogen-bond donors (Lipinski definition) is 1. The van der Waals surface area contributed by atoms with Gasteiger partial charge in [-0.15, -0.1) is 0 Å². The molecule has 0 aliphatic carbocycles. The van der Waals surface area contributed by atoms with E-state index in [1.54, 1.807) is 0 Å². The largest absolute Gasteiger partial charge is 0.376 e. The minimum absolute atomic E-state index is 0.274. The predicted octanol–water partition coefficient (Wildman–Crippen LogP) is 3.17. The van der Waals surface area contributed by atoms with Crippen molar-refractivity contribution in [3.8, 4) is 0 Å². The Morgan fingerprint density at radius 3 is 2.50 bits per heavy atom. The van der Waals surface area contributed by atoms with Gasteiger partial charge < -0.3 is 14.8 Å². The van der Waals surface area contributed by atoms with Crippen molar-refractivity contribution in [3.05, 3.63) is 35.4 Å². The molecule has 1 aromatic carbocycles. The number of benzene rings is 1. The van der Waals surface area contributed by atoms with Crippen molar-refractivity contribution in [2.45, 2.75) is 46.3 Å². The Bertz CT molecular complexity index is 353. The molecule has 0 heterocycles. The zero-order chi connectivity index (χ0) is 14.6. The summed E-state index contributed by atoms with van der Waals surface area (Å²) in [4.78, 5) is 0. The van der Waals surface area contributed by atoms with Gasteiger partial charge in [0.05, 0.1) is 25.9 Å². The third-order valence-electron chi connectivity index (χ3n) is 3.05. The molecule has 0 amide bonds. The maximum absolute atomic E-state index is 5.69. The van der Waals surface area contributed by atoms with Crippen LogP contribution in [-0.4, -0.2) is 32.4 Å². The molecule has 0 atom stereocenters. The summed E-state index contributed by atoms with van der Waals surface area (Å²) < 4.78 is 11.2. The molecule has 3 nitrogen and oxygen atoms in total. The van der Waals surface area contributed by atoms with Gasteiger partial charge in [-0.05, 0) is 50.9 Å². The highest BCUT2D eigenvalue weighted by Crippen LogP contribution is 2.10. The average Bonchev–Trinajstić information content (AvgIpc) is 2.44. The minimum atomic E-state index is 0.274. The van der Waals surface area contributed by atoms with Crippen LogP contribution in [0.3, 0.4) is 0 Å². The van der Waals surface area contributed by atoms with E-state index in [0.717, 1.165) is 19.5 Å². The van der Waals surface area contributed by atoms with E-state index in [2.05, 4.69) is 36.5 Å². The lowest BCUT2D eigenvalue weighted by atomic mass is 10.1. The fourth-order valence-corrected chi connectivity index (χ4v) is 1.99. The Labute approximate surface area is 123 Å². The second-order valence-corrected chi connectivity index (χ2v) is 5.24. The van der Waals surface area contributed by atoms with Gasteiger partial charge in [0.25, 0.3) is 0 Å². The molecule has 114 valence electrons. The lowest BCUT2D eigenvalue weighted by Crippen LogP contribution is -2.18. The molecule has 0 aromatic heterocycles. The van der Waals surface area contributed by atoms with Crippen molar-refractivity contribution in [2.75, 3.05) is 26.3 Å². The van der Waals surface area contributed by atoms with Crippen LogP contribution in [0.5, 0.6) is 0 Å². The van der Waals surface area contributed by atoms with Crippen LogP contribution in [0.15, 0.2) is 24.3 Å². The first kappa shape index (κ1) is 17.2. The summed E-state index contributed by atoms with van der Waals surface area (Å²) in [5.41, 5.74) is 2.66. The van der Waals surface area contributed by atoms with E-state index in [1.165, 1.54) is 17.5 Å². The van der Waals surface area contributed by atoms with E-state index in [-0.39, 0.29) is 6.10 Å². The normalized spacial score (nSPS) is 11.2. The molecule has 0 saturated heterocycles. The van der Waals surface area contributed by atoms with Gasteiger partial charge >= 0.3 is 0 Å². The summed E-state index contributed by atoms with van der Waals surface area (Å²) in [5.74, 6) is 0. The van der Waals surface area contributed by atoms with Crippen LogP contribution in [0.25, 0.3) is 0 Å². The fourth-order valence-electron chi connectivity index (χ4n) is 1.99. The van der Waals surface area contributed by atoms with Crippen LogP contribution >= 0.6 is 0 Å². The van der Waals surface area contributed by atoms with Crippen LogP contribution in [0.4, 0.5) is 0 Å². The highest BCUT2D eigenvalue weighted by atomic mass is 16.5. The Kier molecular flexibility index (Phi) is 9.29. The standard InChI is InChI=1S/C17H29NO2/c1-4-10-18-11-9-16-7-5-6-8-17(16)14-19-12-13-20-15(2)3/h5-8,15,18H,4,9-14H2,1-3H3. The SMILES string of the molecule is CCCNCCc1ccccc1COCCOC(C)C. The predicted molar refractivity (Wildman–Crippen MR) is 84.1 cm³/mol. The van der Waals surface area contributed by atoms with Crippen LogP contribution in [0.2, 0.25) is 0 Å². The maximum atomic E-state index is 5.69. The first-order valence-electron chi connectivity index (χ1n) is 7.71. The monoisotopic (exact) mass is 279 g/mol. The molecule has 20 heavy (non-hydrogen) atoms. The third kappa shape index (κ3) is 7.63. The van der Waals surface area contributed by atoms with Crippen molar-refractivity contribution in [1.82, 2.24) is 5.32 Å². The van der Waals surface area contributed by atoms with E-state index in [0.29, 0.717) is 19.8 Å². The molecule has 0 aliphatic heterocycles. The quantitative estimate of drug-likeness (QED) is 0.631. The molecule has 0 radical (unpaired) electrons. The van der Waals surface area contributed by atoms with Gasteiger partial charge in [-0.25, -0.2) is 0 Å². The molecule has 0 unspecified atom stereocenters. The summed E-state index contributed by atoms with van der Waals surface area (Å²) in [5, 5.41) is 3.44. The lowest BCUT2D eigenvalue weighted by Gasteiger charge is -2.11. The van der Waals surface area contributed by atoms with Crippen LogP contribution in [0.1, 0.15) is 38.3 Å². The first-order valence-corrected chi connectivity index (χ1v) is 7.71. The van der Waals surface area contributed by atoms with E-state index in [9.17, 15) is 0 Å². The third-order valence-corrected chi connectivity index (χ3v) is 3.05. The highest BCUT2D eigenvalue weighted by molar-refractivity contribution is 5.26. The smallest absolute Gasteiger partial charge is 0.0720 e. The summed E-state index contributed by atoms with van der Waals surface area (Å²) in [6.07, 6.45) is 2.51. The Balaban J connectivity index is 2.29. The first-order chi connectivity index (χ1) is 9.74. The van der Waals surface area contributed by atoms with Crippen molar-refractivity contribution < 1.29 is 9.47 Å². The minimum Gasteiger partial charge on any atom is -0.376 e. The number of ether oxygens (including phenoxy) is 2.